The van der Waals surface area contributed by atoms with Crippen LogP contribution in [0.3, 0.4) is 0 Å². The van der Waals surface area contributed by atoms with Gasteiger partial charge in [0.2, 0.25) is 0 Å². The third kappa shape index (κ3) is 4.87. The molecule has 0 atom stereocenters. The second kappa shape index (κ2) is 8.39. The standard InChI is InChI=1S/C18H18ClNO5/c1-3-24-13-7-12(8-14(10-13)25-4-2)17(21)20-16-9-11(18(22)23)5-6-15(16)19/h5-10H,3-4H2,1-2H3,(H,20,21)(H,22,23). The highest BCUT2D eigenvalue weighted by atomic mass is 35.5. The minimum Gasteiger partial charge on any atom is -0.494 e. The van der Waals surface area contributed by atoms with Crippen LogP contribution >= 0.6 is 11.6 Å². The van der Waals surface area contributed by atoms with Crippen LogP contribution in [0.1, 0.15) is 34.6 Å². The van der Waals surface area contributed by atoms with Crippen molar-refractivity contribution in [1.82, 2.24) is 0 Å². The molecule has 0 unspecified atom stereocenters. The molecule has 132 valence electrons. The van der Waals surface area contributed by atoms with Crippen molar-refractivity contribution in [2.75, 3.05) is 18.5 Å². The van der Waals surface area contributed by atoms with E-state index in [9.17, 15) is 9.59 Å². The molecule has 0 heterocycles. The molecule has 0 aliphatic heterocycles. The number of nitrogens with one attached hydrogen (secondary N) is 1. The van der Waals surface area contributed by atoms with Gasteiger partial charge in [0.15, 0.2) is 0 Å². The molecule has 0 aliphatic rings. The summed E-state index contributed by atoms with van der Waals surface area (Å²) >= 11 is 6.04. The third-order valence-corrected chi connectivity index (χ3v) is 3.56. The van der Waals surface area contributed by atoms with E-state index in [2.05, 4.69) is 5.32 Å². The Morgan fingerprint density at radius 1 is 1.00 bits per heavy atom. The molecule has 2 aromatic carbocycles. The number of anilines is 1. The Hall–Kier alpha value is -2.73. The summed E-state index contributed by atoms with van der Waals surface area (Å²) in [5, 5.41) is 11.9. The lowest BCUT2D eigenvalue weighted by atomic mass is 10.1. The molecule has 0 spiro atoms. The Bertz CT molecular complexity index is 767. The molecule has 0 bridgehead atoms. The number of hydrogen-bond acceptors (Lipinski definition) is 4. The second-order valence-corrected chi connectivity index (χ2v) is 5.42. The van der Waals surface area contributed by atoms with Crippen LogP contribution in [-0.4, -0.2) is 30.2 Å². The van der Waals surface area contributed by atoms with Gasteiger partial charge in [0.05, 0.1) is 29.5 Å². The van der Waals surface area contributed by atoms with E-state index in [0.29, 0.717) is 30.3 Å². The van der Waals surface area contributed by atoms with Crippen molar-refractivity contribution >= 4 is 29.2 Å². The Kier molecular flexibility index (Phi) is 6.25. The molecular formula is C18H18ClNO5. The predicted molar refractivity (Wildman–Crippen MR) is 95.1 cm³/mol. The number of halogens is 1. The van der Waals surface area contributed by atoms with Gasteiger partial charge in [0.1, 0.15) is 11.5 Å². The van der Waals surface area contributed by atoms with Crippen LogP contribution in [0.4, 0.5) is 5.69 Å². The average Bonchev–Trinajstić information content (AvgIpc) is 2.57. The Morgan fingerprint density at radius 3 is 2.12 bits per heavy atom. The number of ether oxygens (including phenoxy) is 2. The first-order valence-corrected chi connectivity index (χ1v) is 8.07. The minimum atomic E-state index is -1.11. The topological polar surface area (TPSA) is 84.9 Å². The highest BCUT2D eigenvalue weighted by Crippen LogP contribution is 2.26. The lowest BCUT2D eigenvalue weighted by Gasteiger charge is -2.12. The normalized spacial score (nSPS) is 10.2. The molecule has 25 heavy (non-hydrogen) atoms. The second-order valence-electron chi connectivity index (χ2n) is 5.01. The monoisotopic (exact) mass is 363 g/mol. The molecule has 7 heteroatoms. The van der Waals surface area contributed by atoms with Gasteiger partial charge in [-0.25, -0.2) is 4.79 Å². The maximum absolute atomic E-state index is 12.5. The van der Waals surface area contributed by atoms with Gasteiger partial charge in [-0.2, -0.15) is 0 Å². The van der Waals surface area contributed by atoms with E-state index in [4.69, 9.17) is 26.2 Å². The molecule has 2 N–H and O–H groups in total. The maximum Gasteiger partial charge on any atom is 0.335 e. The molecule has 0 aromatic heterocycles. The zero-order chi connectivity index (χ0) is 18.4. The highest BCUT2D eigenvalue weighted by molar-refractivity contribution is 6.34. The number of aromatic carboxylic acids is 1. The SMILES string of the molecule is CCOc1cc(OCC)cc(C(=O)Nc2cc(C(=O)O)ccc2Cl)c1. The van der Waals surface area contributed by atoms with Crippen LogP contribution in [0.5, 0.6) is 11.5 Å². The van der Waals surface area contributed by atoms with Crippen LogP contribution in [0.25, 0.3) is 0 Å². The van der Waals surface area contributed by atoms with Gasteiger partial charge < -0.3 is 19.9 Å². The van der Waals surface area contributed by atoms with E-state index < -0.39 is 11.9 Å². The summed E-state index contributed by atoms with van der Waals surface area (Å²) in [5.41, 5.74) is 0.551. The van der Waals surface area contributed by atoms with Crippen molar-refractivity contribution in [2.45, 2.75) is 13.8 Å². The van der Waals surface area contributed by atoms with Gasteiger partial charge in [-0.15, -0.1) is 0 Å². The summed E-state index contributed by atoms with van der Waals surface area (Å²) in [6, 6.07) is 8.94. The molecule has 6 nitrogen and oxygen atoms in total. The number of carbonyl (C=O) groups excluding carboxylic acids is 1. The van der Waals surface area contributed by atoms with Crippen molar-refractivity contribution in [3.05, 3.63) is 52.5 Å². The van der Waals surface area contributed by atoms with Gasteiger partial charge in [0, 0.05) is 11.6 Å². The van der Waals surface area contributed by atoms with E-state index in [0.717, 1.165) is 0 Å². The number of carbonyl (C=O) groups is 2. The zero-order valence-corrected chi connectivity index (χ0v) is 14.6. The number of carboxylic acids is 1. The van der Waals surface area contributed by atoms with Crippen molar-refractivity contribution in [3.8, 4) is 11.5 Å². The quantitative estimate of drug-likeness (QED) is 0.774. The molecule has 0 radical (unpaired) electrons. The summed E-state index contributed by atoms with van der Waals surface area (Å²) in [4.78, 5) is 23.6. The fourth-order valence-electron chi connectivity index (χ4n) is 2.15. The molecule has 0 saturated carbocycles. The van der Waals surface area contributed by atoms with E-state index in [1.807, 2.05) is 13.8 Å². The predicted octanol–water partition coefficient (Wildman–Crippen LogP) is 4.09. The summed E-state index contributed by atoms with van der Waals surface area (Å²) in [5.74, 6) is -0.552. The number of hydrogen-bond donors (Lipinski definition) is 2. The van der Waals surface area contributed by atoms with E-state index >= 15 is 0 Å². The summed E-state index contributed by atoms with van der Waals surface area (Å²) in [6.07, 6.45) is 0. The highest BCUT2D eigenvalue weighted by Gasteiger charge is 2.14. The Balaban J connectivity index is 2.31. The fraction of sp³-hybridized carbons (Fsp3) is 0.222. The molecule has 0 saturated heterocycles. The first-order valence-electron chi connectivity index (χ1n) is 7.69. The molecule has 0 fully saturated rings. The van der Waals surface area contributed by atoms with Crippen LogP contribution in [-0.2, 0) is 0 Å². The van der Waals surface area contributed by atoms with E-state index in [-0.39, 0.29) is 16.3 Å². The average molecular weight is 364 g/mol. The molecule has 1 amide bonds. The lowest BCUT2D eigenvalue weighted by Crippen LogP contribution is -2.13. The number of amides is 1. The summed E-state index contributed by atoms with van der Waals surface area (Å²) in [7, 11) is 0. The molecular weight excluding hydrogens is 346 g/mol. The molecule has 2 aromatic rings. The van der Waals surface area contributed by atoms with Gasteiger partial charge >= 0.3 is 5.97 Å². The number of benzene rings is 2. The number of rotatable bonds is 7. The first-order chi connectivity index (χ1) is 11.9. The van der Waals surface area contributed by atoms with E-state index in [1.165, 1.54) is 18.2 Å². The van der Waals surface area contributed by atoms with Crippen molar-refractivity contribution in [3.63, 3.8) is 0 Å². The third-order valence-electron chi connectivity index (χ3n) is 3.23. The van der Waals surface area contributed by atoms with Crippen LogP contribution in [0.15, 0.2) is 36.4 Å². The van der Waals surface area contributed by atoms with E-state index in [1.54, 1.807) is 18.2 Å². The zero-order valence-electron chi connectivity index (χ0n) is 13.8. The van der Waals surface area contributed by atoms with Crippen molar-refractivity contribution in [1.29, 1.82) is 0 Å². The van der Waals surface area contributed by atoms with Crippen molar-refractivity contribution < 1.29 is 24.2 Å². The van der Waals surface area contributed by atoms with Gasteiger partial charge in [0.25, 0.3) is 5.91 Å². The number of carboxylic acid groups (broad SMARTS) is 1. The largest absolute Gasteiger partial charge is 0.494 e. The smallest absolute Gasteiger partial charge is 0.335 e. The van der Waals surface area contributed by atoms with Gasteiger partial charge in [-0.05, 0) is 44.2 Å². The van der Waals surface area contributed by atoms with Gasteiger partial charge in [-0.3, -0.25) is 4.79 Å². The van der Waals surface area contributed by atoms with Crippen LogP contribution in [0, 0.1) is 0 Å². The van der Waals surface area contributed by atoms with Crippen LogP contribution < -0.4 is 14.8 Å². The fourth-order valence-corrected chi connectivity index (χ4v) is 2.32. The maximum atomic E-state index is 12.5. The Labute approximate surface area is 150 Å². The Morgan fingerprint density at radius 2 is 1.60 bits per heavy atom. The lowest BCUT2D eigenvalue weighted by molar-refractivity contribution is 0.0696. The van der Waals surface area contributed by atoms with Crippen LogP contribution in [0.2, 0.25) is 5.02 Å². The summed E-state index contributed by atoms with van der Waals surface area (Å²) in [6.45, 7) is 4.57. The summed E-state index contributed by atoms with van der Waals surface area (Å²) < 4.78 is 10.9. The first kappa shape index (κ1) is 18.6. The molecule has 0 aliphatic carbocycles. The molecule has 2 rings (SSSR count). The minimum absolute atomic E-state index is 0.0257. The van der Waals surface area contributed by atoms with Crippen molar-refractivity contribution in [2.24, 2.45) is 0 Å². The van der Waals surface area contributed by atoms with Gasteiger partial charge in [-0.1, -0.05) is 11.6 Å².